The Morgan fingerprint density at radius 1 is 0.164 bits per heavy atom. The second-order valence-corrected chi connectivity index (χ2v) is 31.2. The van der Waals surface area contributed by atoms with Crippen LogP contribution in [-0.4, -0.2) is 18.3 Å². The fourth-order valence-electron chi connectivity index (χ4n) is 17.9. The molecular formula is C104H64N4S2. The first kappa shape index (κ1) is 62.3. The zero-order valence-corrected chi connectivity index (χ0v) is 61.2. The topological polar surface area (TPSA) is 19.7 Å². The highest BCUT2D eigenvalue weighted by Crippen LogP contribution is 2.48. The smallest absolute Gasteiger partial charge is 0.0719 e. The molecule has 24 rings (SSSR count). The summed E-state index contributed by atoms with van der Waals surface area (Å²) in [5, 5.41) is 20.4. The summed E-state index contributed by atoms with van der Waals surface area (Å²) in [4.78, 5) is 0. The highest BCUT2D eigenvalue weighted by molar-refractivity contribution is 7.27. The lowest BCUT2D eigenvalue weighted by Gasteiger charge is -2.11. The number of aromatic nitrogens is 4. The van der Waals surface area contributed by atoms with E-state index in [1.54, 1.807) is 0 Å². The average molecular weight is 1430 g/mol. The van der Waals surface area contributed by atoms with Crippen molar-refractivity contribution in [3.63, 3.8) is 0 Å². The standard InChI is InChI=1S/2C52H32N2S/c1-2-11-33(12-3-1)36-15-10-16-39(29-36)53-47-19-8-6-17-41(47)45-31-37(22-27-48(45)53)38-23-28-49-46(32-38)43-25-26-44-42-18-7-9-20-50(42)55-52(44)51(43)54(49)40-24-21-34-13-4-5-14-35(34)30-40;1-2-11-33(12-3-1)36-15-10-16-39(29-36)53-46-19-8-6-17-41(46)44-31-37(22-26-47(44)53)38-23-27-48-45(32-38)51-49(28-25-43-42-18-7-9-20-50(42)55-52(43)51)54(48)40-24-21-34-13-4-5-14-35(34)30-40/h2*1-32H. The van der Waals surface area contributed by atoms with Crippen LogP contribution in [0.2, 0.25) is 0 Å². The molecule has 0 spiro atoms. The van der Waals surface area contributed by atoms with E-state index in [2.05, 4.69) is 407 Å². The summed E-state index contributed by atoms with van der Waals surface area (Å²) in [5.41, 5.74) is 24.2. The van der Waals surface area contributed by atoms with E-state index in [9.17, 15) is 0 Å². The summed E-state index contributed by atoms with van der Waals surface area (Å²) in [6.45, 7) is 0. The van der Waals surface area contributed by atoms with E-state index in [1.165, 1.54) is 205 Å². The summed E-state index contributed by atoms with van der Waals surface area (Å²) in [6, 6.07) is 143. The lowest BCUT2D eigenvalue weighted by Crippen LogP contribution is -1.94. The Kier molecular flexibility index (Phi) is 14.1. The van der Waals surface area contributed by atoms with Gasteiger partial charge < -0.3 is 18.3 Å². The maximum atomic E-state index is 2.50. The molecule has 0 amide bonds. The highest BCUT2D eigenvalue weighted by atomic mass is 32.1. The van der Waals surface area contributed by atoms with Crippen LogP contribution in [-0.2, 0) is 0 Å². The molecule has 0 bridgehead atoms. The van der Waals surface area contributed by atoms with Gasteiger partial charge in [0.2, 0.25) is 0 Å². The molecule has 4 nitrogen and oxygen atoms in total. The predicted molar refractivity (Wildman–Crippen MR) is 473 cm³/mol. The molecule has 512 valence electrons. The average Bonchev–Trinajstić information content (AvgIpc) is 1.56. The molecular weight excluding hydrogens is 1370 g/mol. The molecule has 110 heavy (non-hydrogen) atoms. The molecule has 0 N–H and O–H groups in total. The number of hydrogen-bond acceptors (Lipinski definition) is 2. The first-order chi connectivity index (χ1) is 54.5. The first-order valence-electron chi connectivity index (χ1n) is 37.7. The summed E-state index contributed by atoms with van der Waals surface area (Å²) >= 11 is 3.80. The summed E-state index contributed by atoms with van der Waals surface area (Å²) in [6.07, 6.45) is 0. The molecule has 6 heteroatoms. The van der Waals surface area contributed by atoms with Crippen LogP contribution in [0.15, 0.2) is 388 Å². The third kappa shape index (κ3) is 9.83. The van der Waals surface area contributed by atoms with E-state index in [-0.39, 0.29) is 0 Å². The van der Waals surface area contributed by atoms with Crippen LogP contribution in [0.3, 0.4) is 0 Å². The monoisotopic (exact) mass is 1430 g/mol. The Hall–Kier alpha value is -13.9. The van der Waals surface area contributed by atoms with Gasteiger partial charge in [-0.3, -0.25) is 0 Å². The van der Waals surface area contributed by atoms with Crippen molar-refractivity contribution in [3.8, 4) is 67.3 Å². The minimum Gasteiger partial charge on any atom is -0.309 e. The number of benzene rings is 18. The lowest BCUT2D eigenvalue weighted by molar-refractivity contribution is 1.18. The van der Waals surface area contributed by atoms with E-state index < -0.39 is 0 Å². The molecule has 0 fully saturated rings. The third-order valence-electron chi connectivity index (χ3n) is 23.0. The minimum atomic E-state index is 1.16. The molecule has 0 aliphatic carbocycles. The van der Waals surface area contributed by atoms with Gasteiger partial charge in [0.25, 0.3) is 0 Å². The molecule has 0 saturated carbocycles. The van der Waals surface area contributed by atoms with Gasteiger partial charge in [-0.15, -0.1) is 22.7 Å². The maximum Gasteiger partial charge on any atom is 0.0719 e. The van der Waals surface area contributed by atoms with Crippen LogP contribution in [0, 0.1) is 0 Å². The van der Waals surface area contributed by atoms with Gasteiger partial charge in [0.05, 0.1) is 48.8 Å². The number of nitrogens with zero attached hydrogens (tertiary/aromatic N) is 4. The summed E-state index contributed by atoms with van der Waals surface area (Å²) in [7, 11) is 0. The molecule has 0 radical (unpaired) electrons. The van der Waals surface area contributed by atoms with Crippen LogP contribution in [0.4, 0.5) is 0 Å². The van der Waals surface area contributed by atoms with Gasteiger partial charge in [0.1, 0.15) is 0 Å². The lowest BCUT2D eigenvalue weighted by atomic mass is 10.00. The van der Waals surface area contributed by atoms with Gasteiger partial charge in [-0.1, -0.05) is 261 Å². The van der Waals surface area contributed by atoms with Gasteiger partial charge >= 0.3 is 0 Å². The molecule has 18 aromatic carbocycles. The van der Waals surface area contributed by atoms with Crippen molar-refractivity contribution < 1.29 is 0 Å². The van der Waals surface area contributed by atoms with Crippen molar-refractivity contribution >= 4 is 172 Å². The Bertz CT molecular complexity index is 7910. The van der Waals surface area contributed by atoms with Crippen molar-refractivity contribution in [2.24, 2.45) is 0 Å². The fourth-order valence-corrected chi connectivity index (χ4v) is 20.4. The first-order valence-corrected chi connectivity index (χ1v) is 39.3. The van der Waals surface area contributed by atoms with Crippen LogP contribution in [0.1, 0.15) is 0 Å². The quantitative estimate of drug-likeness (QED) is 0.144. The van der Waals surface area contributed by atoms with Crippen LogP contribution in [0.5, 0.6) is 0 Å². The number of fused-ring (bicyclic) bond motifs is 22. The second-order valence-electron chi connectivity index (χ2n) is 29.1. The zero-order chi connectivity index (χ0) is 72.1. The number of hydrogen-bond donors (Lipinski definition) is 0. The molecule has 0 aliphatic rings. The molecule has 0 atom stereocenters. The number of para-hydroxylation sites is 2. The van der Waals surface area contributed by atoms with E-state index in [0.29, 0.717) is 0 Å². The van der Waals surface area contributed by atoms with Crippen molar-refractivity contribution in [1.82, 2.24) is 18.3 Å². The fraction of sp³-hybridized carbons (Fsp3) is 0. The van der Waals surface area contributed by atoms with Crippen molar-refractivity contribution in [2.75, 3.05) is 0 Å². The minimum absolute atomic E-state index is 1.16. The Labute approximate surface area is 640 Å². The molecule has 0 unspecified atom stereocenters. The SMILES string of the molecule is c1ccc(-c2cccc(-n3c4ccccc4c4cc(-c5ccc6c(c5)c5c7sc8ccccc8c7ccc5n6-c5ccc6ccccc6c5)ccc43)c2)cc1.c1ccc(-c2cccc(-n3c4ccccc4c4cc(-c5ccc6c(c5)c5ccc7c8ccccc8sc7c5n6-c5ccc6ccccc6c5)ccc43)c2)cc1. The van der Waals surface area contributed by atoms with Crippen molar-refractivity contribution in [3.05, 3.63) is 388 Å². The number of thiophene rings is 2. The Balaban J connectivity index is 0.000000132. The highest BCUT2D eigenvalue weighted by Gasteiger charge is 2.24. The zero-order valence-electron chi connectivity index (χ0n) is 59.6. The Morgan fingerprint density at radius 2 is 0.509 bits per heavy atom. The maximum absolute atomic E-state index is 2.50. The van der Waals surface area contributed by atoms with E-state index in [1.807, 2.05) is 22.7 Å². The largest absolute Gasteiger partial charge is 0.309 e. The van der Waals surface area contributed by atoms with Gasteiger partial charge in [0, 0.05) is 101 Å². The third-order valence-corrected chi connectivity index (χ3v) is 25.4. The van der Waals surface area contributed by atoms with Gasteiger partial charge in [-0.25, -0.2) is 0 Å². The molecule has 6 aromatic heterocycles. The molecule has 6 heterocycles. The van der Waals surface area contributed by atoms with E-state index in [4.69, 9.17) is 0 Å². The summed E-state index contributed by atoms with van der Waals surface area (Å²) in [5.74, 6) is 0. The van der Waals surface area contributed by atoms with Crippen molar-refractivity contribution in [2.45, 2.75) is 0 Å². The van der Waals surface area contributed by atoms with E-state index >= 15 is 0 Å². The Morgan fingerprint density at radius 3 is 1.05 bits per heavy atom. The van der Waals surface area contributed by atoms with Crippen LogP contribution in [0.25, 0.3) is 216 Å². The van der Waals surface area contributed by atoms with Crippen LogP contribution < -0.4 is 0 Å². The van der Waals surface area contributed by atoms with E-state index in [0.717, 1.165) is 11.4 Å². The second kappa shape index (κ2) is 24.9. The summed E-state index contributed by atoms with van der Waals surface area (Å²) < 4.78 is 15.1. The van der Waals surface area contributed by atoms with Crippen molar-refractivity contribution in [1.29, 1.82) is 0 Å². The molecule has 24 aromatic rings. The van der Waals surface area contributed by atoms with Crippen LogP contribution >= 0.6 is 22.7 Å². The molecule has 0 saturated heterocycles. The predicted octanol–water partition coefficient (Wildman–Crippen LogP) is 29.5. The van der Waals surface area contributed by atoms with Gasteiger partial charge in [-0.05, 0) is 193 Å². The molecule has 0 aliphatic heterocycles. The normalized spacial score (nSPS) is 12.0. The number of rotatable bonds is 8. The van der Waals surface area contributed by atoms with Gasteiger partial charge in [0.15, 0.2) is 0 Å². The van der Waals surface area contributed by atoms with Gasteiger partial charge in [-0.2, -0.15) is 0 Å².